The third-order valence-electron chi connectivity index (χ3n) is 1.94. The molecule has 0 fully saturated rings. The van der Waals surface area contributed by atoms with Gasteiger partial charge in [-0.25, -0.2) is 8.42 Å². The second-order valence-corrected chi connectivity index (χ2v) is 4.86. The Hall–Kier alpha value is -0.580. The van der Waals surface area contributed by atoms with Crippen LogP contribution in [0.5, 0.6) is 0 Å². The van der Waals surface area contributed by atoms with Gasteiger partial charge in [-0.2, -0.15) is 4.40 Å². The Bertz CT molecular complexity index is 256. The molecule has 0 aliphatic heterocycles. The zero-order chi connectivity index (χ0) is 11.0. The number of nitrogens with zero attached hydrogens (tertiary/aromatic N) is 2. The van der Waals surface area contributed by atoms with Crippen LogP contribution in [0.4, 0.5) is 0 Å². The smallest absolute Gasteiger partial charge is 0.254 e. The fourth-order valence-electron chi connectivity index (χ4n) is 0.905. The van der Waals surface area contributed by atoms with E-state index < -0.39 is 10.0 Å². The molecule has 0 aliphatic rings. The second kappa shape index (κ2) is 6.81. The summed E-state index contributed by atoms with van der Waals surface area (Å²) in [5, 5.41) is 0. The highest BCUT2D eigenvalue weighted by Gasteiger charge is 2.05. The van der Waals surface area contributed by atoms with E-state index in [1.165, 1.54) is 6.34 Å². The van der Waals surface area contributed by atoms with Crippen LogP contribution in [0.3, 0.4) is 0 Å². The Morgan fingerprint density at radius 1 is 1.21 bits per heavy atom. The molecule has 0 bridgehead atoms. The average molecular weight is 220 g/mol. The van der Waals surface area contributed by atoms with Crippen molar-refractivity contribution in [2.45, 2.75) is 33.6 Å². The molecule has 84 valence electrons. The summed E-state index contributed by atoms with van der Waals surface area (Å²) >= 11 is 0. The lowest BCUT2D eigenvalue weighted by atomic mass is 10.4. The number of hydrogen-bond donors (Lipinski definition) is 0. The van der Waals surface area contributed by atoms with E-state index in [0.29, 0.717) is 6.42 Å². The molecule has 0 radical (unpaired) electrons. The van der Waals surface area contributed by atoms with Gasteiger partial charge in [-0.15, -0.1) is 0 Å². The Labute approximate surface area is 87.1 Å². The molecule has 0 unspecified atom stereocenters. The van der Waals surface area contributed by atoms with Gasteiger partial charge in [0.05, 0.1) is 5.75 Å². The van der Waals surface area contributed by atoms with Crippen LogP contribution in [0.25, 0.3) is 0 Å². The third-order valence-corrected chi connectivity index (χ3v) is 3.16. The van der Waals surface area contributed by atoms with E-state index in [2.05, 4.69) is 4.40 Å². The van der Waals surface area contributed by atoms with E-state index in [1.807, 2.05) is 25.7 Å². The highest BCUT2D eigenvalue weighted by molar-refractivity contribution is 7.90. The predicted octanol–water partition coefficient (Wildman–Crippen LogP) is 1.49. The van der Waals surface area contributed by atoms with Crippen LogP contribution >= 0.6 is 0 Å². The normalized spacial score (nSPS) is 12.2. The molecule has 0 amide bonds. The summed E-state index contributed by atoms with van der Waals surface area (Å²) in [6.45, 7) is 7.46. The molecule has 0 rings (SSSR count). The lowest BCUT2D eigenvalue weighted by molar-refractivity contribution is 0.479. The molecule has 0 aromatic rings. The van der Waals surface area contributed by atoms with Crippen molar-refractivity contribution in [1.29, 1.82) is 0 Å². The minimum atomic E-state index is -3.23. The zero-order valence-electron chi connectivity index (χ0n) is 9.23. The van der Waals surface area contributed by atoms with E-state index in [0.717, 1.165) is 19.5 Å². The van der Waals surface area contributed by atoms with Crippen LogP contribution in [0.15, 0.2) is 4.40 Å². The summed E-state index contributed by atoms with van der Waals surface area (Å²) in [5.74, 6) is 0.154. The maximum absolute atomic E-state index is 11.3. The van der Waals surface area contributed by atoms with Crippen LogP contribution in [-0.4, -0.2) is 38.5 Å². The fraction of sp³-hybridized carbons (Fsp3) is 0.889. The van der Waals surface area contributed by atoms with Crippen LogP contribution in [-0.2, 0) is 10.0 Å². The van der Waals surface area contributed by atoms with Gasteiger partial charge in [-0.1, -0.05) is 13.3 Å². The molecule has 0 spiro atoms. The Kier molecular flexibility index (Phi) is 6.53. The lowest BCUT2D eigenvalue weighted by Crippen LogP contribution is -2.21. The van der Waals surface area contributed by atoms with Crippen LogP contribution in [0.2, 0.25) is 0 Å². The van der Waals surface area contributed by atoms with Crippen molar-refractivity contribution in [3.63, 3.8) is 0 Å². The Morgan fingerprint density at radius 2 is 1.79 bits per heavy atom. The lowest BCUT2D eigenvalue weighted by Gasteiger charge is -2.12. The predicted molar refractivity (Wildman–Crippen MR) is 60.1 cm³/mol. The molecule has 0 aromatic heterocycles. The number of hydrogen-bond acceptors (Lipinski definition) is 2. The first kappa shape index (κ1) is 13.4. The van der Waals surface area contributed by atoms with Gasteiger partial charge in [0, 0.05) is 13.1 Å². The van der Waals surface area contributed by atoms with Gasteiger partial charge in [0.25, 0.3) is 10.0 Å². The monoisotopic (exact) mass is 220 g/mol. The van der Waals surface area contributed by atoms with E-state index in [1.54, 1.807) is 0 Å². The zero-order valence-corrected chi connectivity index (χ0v) is 10.0. The van der Waals surface area contributed by atoms with E-state index >= 15 is 0 Å². The molecule has 0 saturated heterocycles. The largest absolute Gasteiger partial charge is 0.362 e. The summed E-state index contributed by atoms with van der Waals surface area (Å²) in [7, 11) is -3.23. The standard InChI is InChI=1S/C9H20N2O2S/c1-4-7-8-14(12,13)10-9-11(5-2)6-3/h9H,4-8H2,1-3H3/b10-9+. The highest BCUT2D eigenvalue weighted by Crippen LogP contribution is 1.98. The molecule has 0 aliphatic carbocycles. The first-order valence-corrected chi connectivity index (χ1v) is 6.68. The maximum Gasteiger partial charge on any atom is 0.254 e. The van der Waals surface area contributed by atoms with Crippen molar-refractivity contribution < 1.29 is 8.42 Å². The van der Waals surface area contributed by atoms with Crippen molar-refractivity contribution in [3.8, 4) is 0 Å². The van der Waals surface area contributed by atoms with Crippen molar-refractivity contribution in [2.75, 3.05) is 18.8 Å². The van der Waals surface area contributed by atoms with Gasteiger partial charge in [0.2, 0.25) is 0 Å². The number of unbranched alkanes of at least 4 members (excludes halogenated alkanes) is 1. The molecular formula is C9H20N2O2S. The van der Waals surface area contributed by atoms with Crippen molar-refractivity contribution in [3.05, 3.63) is 0 Å². The van der Waals surface area contributed by atoms with E-state index in [9.17, 15) is 8.42 Å². The van der Waals surface area contributed by atoms with Crippen molar-refractivity contribution in [2.24, 2.45) is 4.40 Å². The number of sulfonamides is 1. The SMILES string of the molecule is CCCCS(=O)(=O)/N=C/N(CC)CC. The first-order chi connectivity index (χ1) is 6.55. The number of rotatable bonds is 7. The second-order valence-electron chi connectivity index (χ2n) is 3.08. The molecule has 5 heteroatoms. The molecule has 14 heavy (non-hydrogen) atoms. The van der Waals surface area contributed by atoms with E-state index in [-0.39, 0.29) is 5.75 Å². The molecule has 0 aromatic carbocycles. The summed E-state index contributed by atoms with van der Waals surface area (Å²) in [4.78, 5) is 1.85. The van der Waals surface area contributed by atoms with Crippen LogP contribution in [0, 0.1) is 0 Å². The molecule has 0 N–H and O–H groups in total. The van der Waals surface area contributed by atoms with Gasteiger partial charge < -0.3 is 4.90 Å². The maximum atomic E-state index is 11.3. The molecular weight excluding hydrogens is 200 g/mol. The molecule has 0 atom stereocenters. The molecule has 4 nitrogen and oxygen atoms in total. The minimum Gasteiger partial charge on any atom is -0.362 e. The van der Waals surface area contributed by atoms with Gasteiger partial charge in [-0.3, -0.25) is 0 Å². The van der Waals surface area contributed by atoms with Gasteiger partial charge >= 0.3 is 0 Å². The van der Waals surface area contributed by atoms with E-state index in [4.69, 9.17) is 0 Å². The van der Waals surface area contributed by atoms with Crippen molar-refractivity contribution >= 4 is 16.4 Å². The molecule has 0 saturated carbocycles. The quantitative estimate of drug-likeness (QED) is 0.482. The topological polar surface area (TPSA) is 49.7 Å². The van der Waals surface area contributed by atoms with Crippen molar-refractivity contribution in [1.82, 2.24) is 4.90 Å². The Balaban J connectivity index is 4.19. The highest BCUT2D eigenvalue weighted by atomic mass is 32.2. The molecule has 0 heterocycles. The van der Waals surface area contributed by atoms with Crippen LogP contribution < -0.4 is 0 Å². The van der Waals surface area contributed by atoms with Crippen LogP contribution in [0.1, 0.15) is 33.6 Å². The summed E-state index contributed by atoms with van der Waals surface area (Å²) in [6, 6.07) is 0. The third kappa shape index (κ3) is 5.96. The summed E-state index contributed by atoms with van der Waals surface area (Å²) < 4.78 is 26.2. The fourth-order valence-corrected chi connectivity index (χ4v) is 1.94. The van der Waals surface area contributed by atoms with Gasteiger partial charge in [0.1, 0.15) is 6.34 Å². The average Bonchev–Trinajstić information content (AvgIpc) is 2.16. The summed E-state index contributed by atoms with van der Waals surface area (Å²) in [6.07, 6.45) is 2.98. The Morgan fingerprint density at radius 3 is 2.21 bits per heavy atom. The van der Waals surface area contributed by atoms with Gasteiger partial charge in [0.15, 0.2) is 0 Å². The first-order valence-electron chi connectivity index (χ1n) is 5.07. The minimum absolute atomic E-state index is 0.154. The summed E-state index contributed by atoms with van der Waals surface area (Å²) in [5.41, 5.74) is 0. The van der Waals surface area contributed by atoms with Gasteiger partial charge in [-0.05, 0) is 20.3 Å².